The van der Waals surface area contributed by atoms with E-state index in [1.165, 1.54) is 20.8 Å². The van der Waals surface area contributed by atoms with E-state index < -0.39 is 36.0 Å². The molecule has 1 aliphatic rings. The molecule has 3 amide bonds. The Bertz CT molecular complexity index is 993. The molecule has 3 unspecified atom stereocenters. The van der Waals surface area contributed by atoms with Gasteiger partial charge in [-0.2, -0.15) is 0 Å². The Morgan fingerprint density at radius 3 is 1.60 bits per heavy atom. The van der Waals surface area contributed by atoms with Gasteiger partial charge in [-0.05, 0) is 50.6 Å². The van der Waals surface area contributed by atoms with Crippen LogP contribution in [0.5, 0.6) is 0 Å². The van der Waals surface area contributed by atoms with Crippen LogP contribution in [0.3, 0.4) is 0 Å². The molecule has 1 rings (SSSR count). The summed E-state index contributed by atoms with van der Waals surface area (Å²) in [6.07, 6.45) is 9.73. The SMILES string of the molecule is CC(=O)NC(CC1=CCC=C1)C(=O)O.CC(=O)NC(CCCCN)C(=O)O.CC(=O)NC(CCCN=C(N)N)C(=O)O. The van der Waals surface area contributed by atoms with Crippen molar-refractivity contribution < 1.29 is 44.1 Å². The average molecular weight is 600 g/mol. The number of unbranched alkanes of at least 4 members (excludes halogenated alkanes) is 1. The van der Waals surface area contributed by atoms with Gasteiger partial charge in [-0.1, -0.05) is 18.2 Å². The quantitative estimate of drug-likeness (QED) is 0.0598. The molecule has 12 N–H and O–H groups in total. The van der Waals surface area contributed by atoms with Gasteiger partial charge < -0.3 is 48.5 Å². The number of amides is 3. The number of carboxylic acids is 3. The second kappa shape index (κ2) is 23.3. The number of carboxylic acid groups (broad SMARTS) is 3. The summed E-state index contributed by atoms with van der Waals surface area (Å²) in [7, 11) is 0. The molecule has 16 nitrogen and oxygen atoms in total. The number of aliphatic imine (C=N–C) groups is 1. The number of allylic oxidation sites excluding steroid dienone is 3. The first-order chi connectivity index (χ1) is 19.6. The van der Waals surface area contributed by atoms with Crippen LogP contribution in [-0.4, -0.2) is 88.1 Å². The third-order valence-corrected chi connectivity index (χ3v) is 5.21. The molecule has 0 bridgehead atoms. The Morgan fingerprint density at radius 1 is 0.786 bits per heavy atom. The van der Waals surface area contributed by atoms with Crippen molar-refractivity contribution in [1.29, 1.82) is 0 Å². The smallest absolute Gasteiger partial charge is 0.326 e. The molecule has 1 aliphatic carbocycles. The molecule has 0 aliphatic heterocycles. The van der Waals surface area contributed by atoms with Crippen molar-refractivity contribution in [2.24, 2.45) is 22.2 Å². The molecule has 3 atom stereocenters. The molecule has 238 valence electrons. The van der Waals surface area contributed by atoms with Gasteiger partial charge in [-0.3, -0.25) is 19.4 Å². The Labute approximate surface area is 244 Å². The minimum Gasteiger partial charge on any atom is -0.480 e. The maximum absolute atomic E-state index is 10.8. The largest absolute Gasteiger partial charge is 0.480 e. The number of hydrogen-bond acceptors (Lipinski definition) is 8. The van der Waals surface area contributed by atoms with E-state index in [9.17, 15) is 28.8 Å². The summed E-state index contributed by atoms with van der Waals surface area (Å²) in [5.74, 6) is -4.09. The number of hydrogen-bond donors (Lipinski definition) is 9. The van der Waals surface area contributed by atoms with Crippen LogP contribution < -0.4 is 33.2 Å². The van der Waals surface area contributed by atoms with Gasteiger partial charge in [0, 0.05) is 33.7 Å². The molecule has 0 radical (unpaired) electrons. The molecule has 0 aromatic heterocycles. The van der Waals surface area contributed by atoms with Crippen molar-refractivity contribution >= 4 is 41.6 Å². The van der Waals surface area contributed by atoms with Gasteiger partial charge in [0.25, 0.3) is 0 Å². The zero-order valence-electron chi connectivity index (χ0n) is 24.3. The molecular formula is C26H45N7O9. The van der Waals surface area contributed by atoms with Crippen LogP contribution in [0, 0.1) is 0 Å². The maximum Gasteiger partial charge on any atom is 0.326 e. The number of nitrogens with one attached hydrogen (secondary N) is 3. The van der Waals surface area contributed by atoms with Crippen LogP contribution >= 0.6 is 0 Å². The molecule has 0 saturated carbocycles. The monoisotopic (exact) mass is 599 g/mol. The van der Waals surface area contributed by atoms with Gasteiger partial charge >= 0.3 is 17.9 Å². The topological polar surface area (TPSA) is 290 Å². The van der Waals surface area contributed by atoms with Crippen molar-refractivity contribution in [2.75, 3.05) is 13.1 Å². The first kappa shape index (κ1) is 39.7. The van der Waals surface area contributed by atoms with E-state index in [-0.39, 0.29) is 23.7 Å². The van der Waals surface area contributed by atoms with Gasteiger partial charge in [0.15, 0.2) is 5.96 Å². The van der Waals surface area contributed by atoms with Crippen molar-refractivity contribution in [3.05, 3.63) is 23.8 Å². The zero-order chi connectivity index (χ0) is 32.7. The molecule has 16 heteroatoms. The molecule has 0 spiro atoms. The third kappa shape index (κ3) is 23.4. The van der Waals surface area contributed by atoms with Gasteiger partial charge in [0.1, 0.15) is 18.1 Å². The number of nitrogens with two attached hydrogens (primary N) is 3. The summed E-state index contributed by atoms with van der Waals surface area (Å²) >= 11 is 0. The lowest BCUT2D eigenvalue weighted by atomic mass is 10.1. The fourth-order valence-corrected chi connectivity index (χ4v) is 3.34. The number of aliphatic carboxylic acids is 3. The van der Waals surface area contributed by atoms with Crippen LogP contribution in [-0.2, 0) is 28.8 Å². The molecule has 0 aromatic rings. The van der Waals surface area contributed by atoms with E-state index in [1.807, 2.05) is 18.2 Å². The highest BCUT2D eigenvalue weighted by Gasteiger charge is 2.20. The minimum absolute atomic E-state index is 0.0265. The van der Waals surface area contributed by atoms with Gasteiger partial charge in [-0.25, -0.2) is 14.4 Å². The van der Waals surface area contributed by atoms with E-state index in [1.54, 1.807) is 0 Å². The lowest BCUT2D eigenvalue weighted by molar-refractivity contribution is -0.142. The third-order valence-electron chi connectivity index (χ3n) is 5.21. The summed E-state index contributed by atoms with van der Waals surface area (Å²) in [4.78, 5) is 67.7. The highest BCUT2D eigenvalue weighted by molar-refractivity contribution is 5.83. The summed E-state index contributed by atoms with van der Waals surface area (Å²) in [5, 5.41) is 33.3. The summed E-state index contributed by atoms with van der Waals surface area (Å²) in [6, 6.07) is -2.47. The zero-order valence-corrected chi connectivity index (χ0v) is 24.3. The standard InChI is InChI=1S/C10H13NO3.C8H16N4O3.C8H16N2O3/c1-7(12)11-9(10(13)14)6-8-4-2-3-5-8;1-5(13)12-6(7(14)15)3-2-4-11-8(9)10;1-6(11)10-7(8(12)13)4-2-3-5-9/h2,4-5,9H,3,6H2,1H3,(H,11,12)(H,13,14);6H,2-4H2,1H3,(H,12,13)(H,14,15)(H4,9,10,11);7H,2-5,9H2,1H3,(H,10,11)(H,12,13). The number of rotatable bonds is 16. The van der Waals surface area contributed by atoms with E-state index in [2.05, 4.69) is 20.9 Å². The van der Waals surface area contributed by atoms with Crippen LogP contribution in [0.2, 0.25) is 0 Å². The summed E-state index contributed by atoms with van der Waals surface area (Å²) < 4.78 is 0. The first-order valence-electron chi connectivity index (χ1n) is 13.2. The van der Waals surface area contributed by atoms with E-state index >= 15 is 0 Å². The predicted molar refractivity (Wildman–Crippen MR) is 155 cm³/mol. The van der Waals surface area contributed by atoms with Crippen molar-refractivity contribution in [3.63, 3.8) is 0 Å². The molecule has 0 heterocycles. The lowest BCUT2D eigenvalue weighted by Crippen LogP contribution is -2.39. The fourth-order valence-electron chi connectivity index (χ4n) is 3.34. The highest BCUT2D eigenvalue weighted by atomic mass is 16.4. The molecule has 0 fully saturated rings. The van der Waals surface area contributed by atoms with Crippen molar-refractivity contribution in [3.8, 4) is 0 Å². The van der Waals surface area contributed by atoms with Crippen LogP contribution in [0.4, 0.5) is 0 Å². The molecular weight excluding hydrogens is 554 g/mol. The Hall–Kier alpha value is -4.47. The highest BCUT2D eigenvalue weighted by Crippen LogP contribution is 2.14. The number of carbonyl (C=O) groups is 6. The normalized spacial score (nSPS) is 13.3. The number of carbonyl (C=O) groups excluding carboxylic acids is 3. The second-order valence-electron chi connectivity index (χ2n) is 9.13. The van der Waals surface area contributed by atoms with Crippen molar-refractivity contribution in [2.45, 2.75) is 83.8 Å². The van der Waals surface area contributed by atoms with Gasteiger partial charge in [0.05, 0.1) is 0 Å². The maximum atomic E-state index is 10.8. The Balaban J connectivity index is 0. The average Bonchev–Trinajstić information content (AvgIpc) is 3.38. The minimum atomic E-state index is -1.06. The van der Waals surface area contributed by atoms with E-state index in [4.69, 9.17) is 32.5 Å². The first-order valence-corrected chi connectivity index (χ1v) is 13.2. The van der Waals surface area contributed by atoms with E-state index in [0.717, 1.165) is 18.4 Å². The van der Waals surface area contributed by atoms with Gasteiger partial charge in [0.2, 0.25) is 17.7 Å². The molecule has 0 saturated heterocycles. The van der Waals surface area contributed by atoms with Crippen LogP contribution in [0.1, 0.15) is 65.7 Å². The predicted octanol–water partition coefficient (Wildman–Crippen LogP) is -0.814. The Morgan fingerprint density at radius 2 is 1.24 bits per heavy atom. The second-order valence-corrected chi connectivity index (χ2v) is 9.13. The Kier molecular flexibility index (Phi) is 22.0. The van der Waals surface area contributed by atoms with Gasteiger partial charge in [-0.15, -0.1) is 0 Å². The van der Waals surface area contributed by atoms with E-state index in [0.29, 0.717) is 45.2 Å². The van der Waals surface area contributed by atoms with Crippen LogP contribution in [0.25, 0.3) is 0 Å². The fraction of sp³-hybridized carbons (Fsp3) is 0.577. The summed E-state index contributed by atoms with van der Waals surface area (Å²) in [5.41, 5.74) is 16.4. The molecule has 42 heavy (non-hydrogen) atoms. The molecule has 0 aromatic carbocycles. The van der Waals surface area contributed by atoms with Crippen molar-refractivity contribution in [1.82, 2.24) is 16.0 Å². The number of guanidine groups is 1. The number of nitrogens with zero attached hydrogens (tertiary/aromatic N) is 1. The lowest BCUT2D eigenvalue weighted by Gasteiger charge is -2.12. The van der Waals surface area contributed by atoms with Crippen LogP contribution in [0.15, 0.2) is 28.8 Å². The summed E-state index contributed by atoms with van der Waals surface area (Å²) in [6.45, 7) is 4.79.